The molecule has 0 aromatic heterocycles. The van der Waals surface area contributed by atoms with E-state index >= 15 is 0 Å². The number of sulfonamides is 2. The van der Waals surface area contributed by atoms with Crippen molar-refractivity contribution in [2.24, 2.45) is 0 Å². The van der Waals surface area contributed by atoms with Crippen LogP contribution < -0.4 is 4.31 Å². The highest BCUT2D eigenvalue weighted by Gasteiger charge is 2.34. The van der Waals surface area contributed by atoms with Crippen LogP contribution in [0.4, 0.5) is 11.4 Å². The molecule has 0 spiro atoms. The average molecular weight is 488 g/mol. The summed E-state index contributed by atoms with van der Waals surface area (Å²) in [5.74, 6) is 0. The molecule has 0 bridgehead atoms. The number of benzene rings is 2. The lowest BCUT2D eigenvalue weighted by atomic mass is 10.2. The van der Waals surface area contributed by atoms with E-state index in [0.717, 1.165) is 10.4 Å². The zero-order chi connectivity index (χ0) is 23.1. The van der Waals surface area contributed by atoms with Gasteiger partial charge < -0.3 is 0 Å². The van der Waals surface area contributed by atoms with E-state index in [-0.39, 0.29) is 32.6 Å². The molecule has 1 aliphatic rings. The minimum Gasteiger partial charge on any atom is -0.266 e. The zero-order valence-corrected chi connectivity index (χ0v) is 19.6. The number of anilines is 1. The SMILES string of the molecule is CCN(CC)S(=O)(=O)c1ccc2c(c1)CCN2S(=O)(=O)c1cc(Cl)c(C)c([N+](=O)[O-])c1. The Morgan fingerprint density at radius 3 is 2.32 bits per heavy atom. The Morgan fingerprint density at radius 2 is 1.74 bits per heavy atom. The Labute approximate surface area is 186 Å². The third-order valence-electron chi connectivity index (χ3n) is 5.32. The molecule has 2 aromatic carbocycles. The molecule has 0 amide bonds. The first-order valence-electron chi connectivity index (χ1n) is 9.55. The third kappa shape index (κ3) is 4.02. The minimum absolute atomic E-state index is 0.0205. The fourth-order valence-electron chi connectivity index (χ4n) is 3.58. The number of rotatable bonds is 7. The first-order valence-corrected chi connectivity index (χ1v) is 12.8. The van der Waals surface area contributed by atoms with E-state index in [0.29, 0.717) is 30.8 Å². The first-order chi connectivity index (χ1) is 14.4. The van der Waals surface area contributed by atoms with E-state index in [2.05, 4.69) is 0 Å². The molecule has 0 radical (unpaired) electrons. The summed E-state index contributed by atoms with van der Waals surface area (Å²) in [4.78, 5) is 10.4. The van der Waals surface area contributed by atoms with Crippen LogP contribution in [0.2, 0.25) is 5.02 Å². The summed E-state index contributed by atoms with van der Waals surface area (Å²) in [6, 6.07) is 6.51. The molecule has 31 heavy (non-hydrogen) atoms. The molecule has 1 heterocycles. The maximum Gasteiger partial charge on any atom is 0.275 e. The van der Waals surface area contributed by atoms with Gasteiger partial charge in [0.15, 0.2) is 0 Å². The highest BCUT2D eigenvalue weighted by atomic mass is 35.5. The Hall–Kier alpha value is -2.21. The van der Waals surface area contributed by atoms with Crippen molar-refractivity contribution in [1.82, 2.24) is 4.31 Å². The molecule has 168 valence electrons. The Kier molecular flexibility index (Phi) is 6.34. The number of nitrogens with zero attached hydrogens (tertiary/aromatic N) is 3. The molecule has 12 heteroatoms. The normalized spacial score (nSPS) is 14.2. The van der Waals surface area contributed by atoms with Gasteiger partial charge in [-0.25, -0.2) is 16.8 Å². The van der Waals surface area contributed by atoms with Crippen LogP contribution in [-0.4, -0.2) is 45.7 Å². The molecule has 0 saturated carbocycles. The molecule has 0 saturated heterocycles. The van der Waals surface area contributed by atoms with Crippen LogP contribution in [0.5, 0.6) is 0 Å². The summed E-state index contributed by atoms with van der Waals surface area (Å²) >= 11 is 6.05. The van der Waals surface area contributed by atoms with Crippen molar-refractivity contribution in [3.8, 4) is 0 Å². The van der Waals surface area contributed by atoms with E-state index < -0.39 is 25.0 Å². The van der Waals surface area contributed by atoms with Gasteiger partial charge in [0.2, 0.25) is 10.0 Å². The van der Waals surface area contributed by atoms with Gasteiger partial charge in [-0.15, -0.1) is 0 Å². The van der Waals surface area contributed by atoms with Crippen LogP contribution in [0.3, 0.4) is 0 Å². The molecule has 9 nitrogen and oxygen atoms in total. The highest BCUT2D eigenvalue weighted by molar-refractivity contribution is 7.93. The topological polar surface area (TPSA) is 118 Å². The van der Waals surface area contributed by atoms with Gasteiger partial charge >= 0.3 is 0 Å². The summed E-state index contributed by atoms with van der Waals surface area (Å²) in [6.07, 6.45) is 0.317. The van der Waals surface area contributed by atoms with Gasteiger partial charge in [0.05, 0.1) is 25.4 Å². The largest absolute Gasteiger partial charge is 0.275 e. The lowest BCUT2D eigenvalue weighted by Gasteiger charge is -2.21. The quantitative estimate of drug-likeness (QED) is 0.436. The lowest BCUT2D eigenvalue weighted by molar-refractivity contribution is -0.385. The zero-order valence-electron chi connectivity index (χ0n) is 17.2. The van der Waals surface area contributed by atoms with Crippen molar-refractivity contribution in [1.29, 1.82) is 0 Å². The van der Waals surface area contributed by atoms with Gasteiger partial charge in [0.1, 0.15) is 0 Å². The van der Waals surface area contributed by atoms with Gasteiger partial charge in [-0.1, -0.05) is 25.4 Å². The minimum atomic E-state index is -4.14. The first kappa shape index (κ1) is 23.5. The standard InChI is InChI=1S/C19H22ClN3O6S2/c1-4-21(5-2)30(26,27)15-6-7-18-14(10-15)8-9-22(18)31(28,29)16-11-17(20)13(3)19(12-16)23(24)25/h6-7,10-12H,4-5,8-9H2,1-3H3. The fraction of sp³-hybridized carbons (Fsp3) is 0.368. The maximum absolute atomic E-state index is 13.2. The second-order valence-electron chi connectivity index (χ2n) is 7.01. The molecule has 0 atom stereocenters. The average Bonchev–Trinajstić information content (AvgIpc) is 3.14. The lowest BCUT2D eigenvalue weighted by Crippen LogP contribution is -2.31. The van der Waals surface area contributed by atoms with E-state index in [1.807, 2.05) is 0 Å². The van der Waals surface area contributed by atoms with Crippen LogP contribution in [-0.2, 0) is 26.5 Å². The summed E-state index contributed by atoms with van der Waals surface area (Å²) < 4.78 is 54.5. The van der Waals surface area contributed by atoms with Crippen molar-refractivity contribution in [2.75, 3.05) is 23.9 Å². The number of hydrogen-bond donors (Lipinski definition) is 0. The molecule has 0 fully saturated rings. The highest BCUT2D eigenvalue weighted by Crippen LogP contribution is 2.37. The Bertz CT molecular complexity index is 1260. The summed E-state index contributed by atoms with van der Waals surface area (Å²) in [5, 5.41) is 11.3. The van der Waals surface area contributed by atoms with Gasteiger partial charge in [0.25, 0.3) is 15.7 Å². The van der Waals surface area contributed by atoms with Gasteiger partial charge in [-0.05, 0) is 43.2 Å². The molecule has 2 aromatic rings. The molecule has 3 rings (SSSR count). The predicted octanol–water partition coefficient (Wildman–Crippen LogP) is 3.34. The van der Waals surface area contributed by atoms with Crippen molar-refractivity contribution < 1.29 is 21.8 Å². The Balaban J connectivity index is 2.05. The van der Waals surface area contributed by atoms with Crippen molar-refractivity contribution >= 4 is 43.0 Å². The molecular weight excluding hydrogens is 466 g/mol. The van der Waals surface area contributed by atoms with Crippen LogP contribution in [0.25, 0.3) is 0 Å². The third-order valence-corrected chi connectivity index (χ3v) is 9.55. The maximum atomic E-state index is 13.2. The van der Waals surface area contributed by atoms with E-state index in [9.17, 15) is 26.9 Å². The van der Waals surface area contributed by atoms with Crippen molar-refractivity contribution in [3.63, 3.8) is 0 Å². The number of nitro groups is 1. The molecule has 0 unspecified atom stereocenters. The van der Waals surface area contributed by atoms with E-state index in [1.54, 1.807) is 13.8 Å². The second-order valence-corrected chi connectivity index (χ2v) is 11.2. The van der Waals surface area contributed by atoms with E-state index in [4.69, 9.17) is 11.6 Å². The monoisotopic (exact) mass is 487 g/mol. The van der Waals surface area contributed by atoms with Crippen LogP contribution >= 0.6 is 11.6 Å². The van der Waals surface area contributed by atoms with E-state index in [1.165, 1.54) is 35.5 Å². The number of nitro benzene ring substituents is 1. The number of halogens is 1. The van der Waals surface area contributed by atoms with Crippen molar-refractivity contribution in [2.45, 2.75) is 37.0 Å². The van der Waals surface area contributed by atoms with Crippen LogP contribution in [0, 0.1) is 17.0 Å². The summed E-state index contributed by atoms with van der Waals surface area (Å²) in [7, 11) is -7.82. The molecule has 1 aliphatic heterocycles. The number of hydrogen-bond acceptors (Lipinski definition) is 6. The smallest absolute Gasteiger partial charge is 0.266 e. The summed E-state index contributed by atoms with van der Waals surface area (Å²) in [5.41, 5.74) is 0.715. The molecular formula is C19H22ClN3O6S2. The second kappa shape index (κ2) is 8.38. The van der Waals surface area contributed by atoms with Crippen LogP contribution in [0.15, 0.2) is 40.1 Å². The fourth-order valence-corrected chi connectivity index (χ4v) is 6.92. The predicted molar refractivity (Wildman–Crippen MR) is 118 cm³/mol. The molecule has 0 aliphatic carbocycles. The van der Waals surface area contributed by atoms with Crippen LogP contribution in [0.1, 0.15) is 25.0 Å². The Morgan fingerprint density at radius 1 is 1.10 bits per heavy atom. The summed E-state index contributed by atoms with van der Waals surface area (Å²) in [6.45, 7) is 5.67. The van der Waals surface area contributed by atoms with Gasteiger partial charge in [-0.2, -0.15) is 4.31 Å². The van der Waals surface area contributed by atoms with Gasteiger partial charge in [0, 0.05) is 31.3 Å². The van der Waals surface area contributed by atoms with Gasteiger partial charge in [-0.3, -0.25) is 14.4 Å². The van der Waals surface area contributed by atoms with Crippen molar-refractivity contribution in [3.05, 3.63) is 56.6 Å². The molecule has 0 N–H and O–H groups in total. The number of fused-ring (bicyclic) bond motifs is 1.